The van der Waals surface area contributed by atoms with Gasteiger partial charge in [0.15, 0.2) is 0 Å². The van der Waals surface area contributed by atoms with Crippen molar-refractivity contribution in [1.29, 1.82) is 0 Å². The van der Waals surface area contributed by atoms with Crippen LogP contribution >= 0.6 is 11.3 Å². The average Bonchev–Trinajstić information content (AvgIpc) is 2.89. The first kappa shape index (κ1) is 12.5. The van der Waals surface area contributed by atoms with Crippen LogP contribution in [0.15, 0.2) is 42.6 Å². The van der Waals surface area contributed by atoms with Gasteiger partial charge in [0.2, 0.25) is 0 Å². The Morgan fingerprint density at radius 2 is 2.17 bits per heavy atom. The predicted molar refractivity (Wildman–Crippen MR) is 73.2 cm³/mol. The number of nitrogens with zero attached hydrogens (tertiary/aromatic N) is 1. The number of carbonyl (C=O) groups excluding carboxylic acids is 1. The van der Waals surface area contributed by atoms with Crippen molar-refractivity contribution in [2.75, 3.05) is 7.11 Å². The molecule has 92 valence electrons. The van der Waals surface area contributed by atoms with Crippen molar-refractivity contribution in [1.82, 2.24) is 4.98 Å². The van der Waals surface area contributed by atoms with Gasteiger partial charge in [-0.05, 0) is 36.8 Å². The molecule has 0 N–H and O–H groups in total. The Bertz CT molecular complexity index is 572. The normalized spacial score (nSPS) is 11.3. The minimum Gasteiger partial charge on any atom is -0.466 e. The van der Waals surface area contributed by atoms with Gasteiger partial charge in [-0.3, -0.25) is 4.98 Å². The predicted octanol–water partition coefficient (Wildman–Crippen LogP) is 3.39. The van der Waals surface area contributed by atoms with Gasteiger partial charge in [-0.2, -0.15) is 0 Å². The molecule has 0 aromatic carbocycles. The number of aromatic nitrogens is 1. The van der Waals surface area contributed by atoms with E-state index >= 15 is 0 Å². The zero-order valence-corrected chi connectivity index (χ0v) is 11.0. The van der Waals surface area contributed by atoms with Crippen LogP contribution in [0.25, 0.3) is 16.1 Å². The molecule has 0 saturated carbocycles. The lowest BCUT2D eigenvalue weighted by atomic mass is 10.2. The summed E-state index contributed by atoms with van der Waals surface area (Å²) in [5, 5.41) is 0. The summed E-state index contributed by atoms with van der Waals surface area (Å²) in [6.07, 6.45) is 3.26. The lowest BCUT2D eigenvalue weighted by Gasteiger charge is -1.97. The van der Waals surface area contributed by atoms with E-state index in [0.717, 1.165) is 21.0 Å². The number of hydrogen-bond donors (Lipinski definition) is 0. The standard InChI is InChI=1S/C14H13NO2S/c1-10(9-14(16)17-2)12-6-7-13(18-12)11-5-3-4-8-15-11/h3-9H,1-2H3/b10-9+. The van der Waals surface area contributed by atoms with E-state index in [2.05, 4.69) is 9.72 Å². The first-order valence-corrected chi connectivity index (χ1v) is 6.30. The third kappa shape index (κ3) is 2.84. The molecule has 18 heavy (non-hydrogen) atoms. The van der Waals surface area contributed by atoms with E-state index in [1.807, 2.05) is 37.3 Å². The summed E-state index contributed by atoms with van der Waals surface area (Å²) in [5.74, 6) is -0.333. The fraction of sp³-hybridized carbons (Fsp3) is 0.143. The summed E-state index contributed by atoms with van der Waals surface area (Å²) < 4.78 is 4.61. The second-order valence-electron chi connectivity index (χ2n) is 3.73. The molecule has 0 atom stereocenters. The van der Waals surface area contributed by atoms with Crippen LogP contribution in [0.1, 0.15) is 11.8 Å². The van der Waals surface area contributed by atoms with E-state index in [1.54, 1.807) is 17.5 Å². The molecule has 0 spiro atoms. The maximum atomic E-state index is 11.2. The fourth-order valence-corrected chi connectivity index (χ4v) is 2.46. The third-order valence-corrected chi connectivity index (χ3v) is 3.69. The quantitative estimate of drug-likeness (QED) is 0.626. The maximum Gasteiger partial charge on any atom is 0.330 e. The highest BCUT2D eigenvalue weighted by molar-refractivity contribution is 7.16. The van der Waals surface area contributed by atoms with E-state index < -0.39 is 0 Å². The molecule has 0 amide bonds. The Morgan fingerprint density at radius 3 is 2.83 bits per heavy atom. The highest BCUT2D eigenvalue weighted by Crippen LogP contribution is 2.30. The molecule has 0 aliphatic rings. The molecule has 2 rings (SSSR count). The Labute approximate surface area is 110 Å². The van der Waals surface area contributed by atoms with Crippen LogP contribution in [0.2, 0.25) is 0 Å². The summed E-state index contributed by atoms with van der Waals surface area (Å²) in [6.45, 7) is 1.89. The van der Waals surface area contributed by atoms with Crippen LogP contribution in [0.3, 0.4) is 0 Å². The van der Waals surface area contributed by atoms with Gasteiger partial charge in [-0.25, -0.2) is 4.79 Å². The Hall–Kier alpha value is -1.94. The number of pyridine rings is 1. The van der Waals surface area contributed by atoms with Gasteiger partial charge in [0, 0.05) is 17.2 Å². The number of rotatable bonds is 3. The van der Waals surface area contributed by atoms with Crippen LogP contribution in [0.5, 0.6) is 0 Å². The number of esters is 1. The summed E-state index contributed by atoms with van der Waals surface area (Å²) in [7, 11) is 1.37. The van der Waals surface area contributed by atoms with E-state index in [4.69, 9.17) is 0 Å². The molecule has 2 aromatic heterocycles. The molecule has 0 saturated heterocycles. The summed E-state index contributed by atoms with van der Waals surface area (Å²) >= 11 is 1.61. The SMILES string of the molecule is COC(=O)/C=C(\C)c1ccc(-c2ccccn2)s1. The van der Waals surface area contributed by atoms with Gasteiger partial charge in [-0.1, -0.05) is 6.07 Å². The minimum absolute atomic E-state index is 0.333. The van der Waals surface area contributed by atoms with Gasteiger partial charge >= 0.3 is 5.97 Å². The number of allylic oxidation sites excluding steroid dienone is 1. The first-order chi connectivity index (χ1) is 8.70. The van der Waals surface area contributed by atoms with E-state index in [-0.39, 0.29) is 5.97 Å². The van der Waals surface area contributed by atoms with Crippen LogP contribution in [-0.2, 0) is 9.53 Å². The summed E-state index contributed by atoms with van der Waals surface area (Å²) in [5.41, 5.74) is 1.84. The number of thiophene rings is 1. The maximum absolute atomic E-state index is 11.2. The molecule has 0 aliphatic heterocycles. The van der Waals surface area contributed by atoms with E-state index in [1.165, 1.54) is 13.2 Å². The number of ether oxygens (including phenoxy) is 1. The monoisotopic (exact) mass is 259 g/mol. The molecule has 0 unspecified atom stereocenters. The molecule has 0 radical (unpaired) electrons. The number of methoxy groups -OCH3 is 1. The van der Waals surface area contributed by atoms with E-state index in [9.17, 15) is 4.79 Å². The van der Waals surface area contributed by atoms with Crippen LogP contribution in [0, 0.1) is 0 Å². The highest BCUT2D eigenvalue weighted by Gasteiger charge is 2.06. The van der Waals surface area contributed by atoms with Gasteiger partial charge in [0.1, 0.15) is 0 Å². The summed E-state index contributed by atoms with van der Waals surface area (Å²) in [4.78, 5) is 17.6. The van der Waals surface area contributed by atoms with Gasteiger partial charge in [0.25, 0.3) is 0 Å². The Balaban J connectivity index is 2.26. The third-order valence-electron chi connectivity index (χ3n) is 2.45. The lowest BCUT2D eigenvalue weighted by molar-refractivity contribution is -0.134. The molecule has 0 aliphatic carbocycles. The highest BCUT2D eigenvalue weighted by atomic mass is 32.1. The molecular weight excluding hydrogens is 246 g/mol. The average molecular weight is 259 g/mol. The van der Waals surface area contributed by atoms with Crippen molar-refractivity contribution in [2.24, 2.45) is 0 Å². The molecular formula is C14H13NO2S. The van der Waals surface area contributed by atoms with Crippen molar-refractivity contribution < 1.29 is 9.53 Å². The molecule has 3 nitrogen and oxygen atoms in total. The second-order valence-corrected chi connectivity index (χ2v) is 4.81. The second kappa shape index (κ2) is 5.60. The number of carbonyl (C=O) groups is 1. The zero-order valence-electron chi connectivity index (χ0n) is 10.2. The lowest BCUT2D eigenvalue weighted by Crippen LogP contribution is -1.94. The Kier molecular flexibility index (Phi) is 3.89. The molecule has 0 fully saturated rings. The van der Waals surface area contributed by atoms with Crippen molar-refractivity contribution in [3.63, 3.8) is 0 Å². The van der Waals surface area contributed by atoms with Crippen molar-refractivity contribution in [2.45, 2.75) is 6.92 Å². The summed E-state index contributed by atoms with van der Waals surface area (Å²) in [6, 6.07) is 9.81. The van der Waals surface area contributed by atoms with Gasteiger partial charge in [0.05, 0.1) is 17.7 Å². The van der Waals surface area contributed by atoms with Crippen LogP contribution < -0.4 is 0 Å². The van der Waals surface area contributed by atoms with Crippen molar-refractivity contribution in [3.8, 4) is 10.6 Å². The molecule has 4 heteroatoms. The minimum atomic E-state index is -0.333. The number of hydrogen-bond acceptors (Lipinski definition) is 4. The topological polar surface area (TPSA) is 39.2 Å². The van der Waals surface area contributed by atoms with Gasteiger partial charge in [-0.15, -0.1) is 11.3 Å². The molecule has 2 aromatic rings. The smallest absolute Gasteiger partial charge is 0.330 e. The molecule has 2 heterocycles. The van der Waals surface area contributed by atoms with Gasteiger partial charge < -0.3 is 4.74 Å². The van der Waals surface area contributed by atoms with Crippen molar-refractivity contribution >= 4 is 22.9 Å². The van der Waals surface area contributed by atoms with Crippen LogP contribution in [-0.4, -0.2) is 18.1 Å². The van der Waals surface area contributed by atoms with Crippen LogP contribution in [0.4, 0.5) is 0 Å². The fourth-order valence-electron chi connectivity index (χ4n) is 1.50. The Morgan fingerprint density at radius 1 is 1.33 bits per heavy atom. The van der Waals surface area contributed by atoms with E-state index in [0.29, 0.717) is 0 Å². The van der Waals surface area contributed by atoms with Crippen molar-refractivity contribution in [3.05, 3.63) is 47.5 Å². The molecule has 0 bridgehead atoms. The zero-order chi connectivity index (χ0) is 13.0. The largest absolute Gasteiger partial charge is 0.466 e. The first-order valence-electron chi connectivity index (χ1n) is 5.48.